The van der Waals surface area contributed by atoms with Crippen LogP contribution in [0.15, 0.2) is 18.2 Å². The Balaban J connectivity index is 1.82. The van der Waals surface area contributed by atoms with Crippen molar-refractivity contribution in [3.05, 3.63) is 29.6 Å². The zero-order chi connectivity index (χ0) is 13.7. The fourth-order valence-corrected chi connectivity index (χ4v) is 1.82. The maximum absolute atomic E-state index is 13.6. The molecular formula is C13H17FN2O3. The van der Waals surface area contributed by atoms with Crippen molar-refractivity contribution in [2.75, 3.05) is 11.9 Å². The molecule has 5 nitrogen and oxygen atoms in total. The number of rotatable bonds is 3. The number of anilines is 1. The molecule has 0 unspecified atom stereocenters. The number of carbonyl (C=O) groups is 1. The maximum Gasteiger partial charge on any atom is 0.343 e. The van der Waals surface area contributed by atoms with Gasteiger partial charge in [0.2, 0.25) is 0 Å². The standard InChI is InChI=1S/C13H17FN2O3/c1-9-5-4-6-10(12(9)14)15-13(17)16-19-11-7-2-3-8-18-11/h4-6,11H,2-3,7-8H2,1H3,(H2,15,16,17)/t11-/m0/s1. The zero-order valence-corrected chi connectivity index (χ0v) is 10.7. The molecule has 1 aliphatic heterocycles. The van der Waals surface area contributed by atoms with Gasteiger partial charge >= 0.3 is 6.03 Å². The molecule has 0 bridgehead atoms. The van der Waals surface area contributed by atoms with Crippen LogP contribution in [0.1, 0.15) is 24.8 Å². The van der Waals surface area contributed by atoms with E-state index in [2.05, 4.69) is 10.8 Å². The topological polar surface area (TPSA) is 59.6 Å². The first kappa shape index (κ1) is 13.8. The first-order valence-electron chi connectivity index (χ1n) is 6.26. The number of carbonyl (C=O) groups excluding carboxylic acids is 1. The second-order valence-electron chi connectivity index (χ2n) is 4.41. The highest BCUT2D eigenvalue weighted by Crippen LogP contribution is 2.17. The quantitative estimate of drug-likeness (QED) is 0.829. The van der Waals surface area contributed by atoms with Gasteiger partial charge in [0.25, 0.3) is 0 Å². The number of nitrogens with one attached hydrogen (secondary N) is 2. The Morgan fingerprint density at radius 1 is 1.47 bits per heavy atom. The minimum Gasteiger partial charge on any atom is -0.350 e. The van der Waals surface area contributed by atoms with Gasteiger partial charge in [-0.15, -0.1) is 0 Å². The third-order valence-corrected chi connectivity index (χ3v) is 2.86. The Labute approximate surface area is 111 Å². The molecule has 1 fully saturated rings. The summed E-state index contributed by atoms with van der Waals surface area (Å²) >= 11 is 0. The average Bonchev–Trinajstić information content (AvgIpc) is 2.43. The SMILES string of the molecule is Cc1cccc(NC(=O)NO[C@H]2CCCCO2)c1F. The normalized spacial score (nSPS) is 18.9. The highest BCUT2D eigenvalue weighted by atomic mass is 19.1. The number of halogens is 1. The number of ether oxygens (including phenoxy) is 1. The number of hydrogen-bond acceptors (Lipinski definition) is 3. The van der Waals surface area contributed by atoms with Crippen molar-refractivity contribution in [1.29, 1.82) is 0 Å². The Bertz CT molecular complexity index is 448. The molecule has 1 aromatic rings. The molecular weight excluding hydrogens is 251 g/mol. The third-order valence-electron chi connectivity index (χ3n) is 2.86. The predicted molar refractivity (Wildman–Crippen MR) is 68.0 cm³/mol. The lowest BCUT2D eigenvalue weighted by Crippen LogP contribution is -2.35. The summed E-state index contributed by atoms with van der Waals surface area (Å²) in [7, 11) is 0. The van der Waals surface area contributed by atoms with Crippen LogP contribution >= 0.6 is 0 Å². The predicted octanol–water partition coefficient (Wildman–Crippen LogP) is 2.71. The summed E-state index contributed by atoms with van der Waals surface area (Å²) < 4.78 is 18.9. The molecule has 0 aromatic heterocycles. The lowest BCUT2D eigenvalue weighted by molar-refractivity contribution is -0.185. The van der Waals surface area contributed by atoms with E-state index in [9.17, 15) is 9.18 Å². The van der Waals surface area contributed by atoms with Gasteiger partial charge < -0.3 is 10.1 Å². The van der Waals surface area contributed by atoms with E-state index in [1.54, 1.807) is 19.1 Å². The summed E-state index contributed by atoms with van der Waals surface area (Å²) in [6.45, 7) is 2.26. The highest BCUT2D eigenvalue weighted by Gasteiger charge is 2.16. The van der Waals surface area contributed by atoms with Crippen molar-refractivity contribution in [2.24, 2.45) is 0 Å². The maximum atomic E-state index is 13.6. The van der Waals surface area contributed by atoms with Crippen LogP contribution in [0, 0.1) is 12.7 Å². The Morgan fingerprint density at radius 2 is 2.32 bits per heavy atom. The van der Waals surface area contributed by atoms with E-state index in [4.69, 9.17) is 9.57 Å². The van der Waals surface area contributed by atoms with Gasteiger partial charge in [-0.2, -0.15) is 0 Å². The van der Waals surface area contributed by atoms with E-state index in [-0.39, 0.29) is 5.69 Å². The van der Waals surface area contributed by atoms with Gasteiger partial charge in [0.1, 0.15) is 5.82 Å². The number of hydroxylamine groups is 1. The van der Waals surface area contributed by atoms with Crippen LogP contribution in [0.5, 0.6) is 0 Å². The molecule has 2 rings (SSSR count). The van der Waals surface area contributed by atoms with Crippen molar-refractivity contribution in [1.82, 2.24) is 5.48 Å². The molecule has 0 radical (unpaired) electrons. The van der Waals surface area contributed by atoms with Gasteiger partial charge in [-0.05, 0) is 31.4 Å². The van der Waals surface area contributed by atoms with Crippen molar-refractivity contribution < 1.29 is 18.8 Å². The fraction of sp³-hybridized carbons (Fsp3) is 0.462. The molecule has 2 amide bonds. The van der Waals surface area contributed by atoms with Crippen LogP contribution in [-0.2, 0) is 9.57 Å². The van der Waals surface area contributed by atoms with Gasteiger partial charge in [0.05, 0.1) is 5.69 Å². The molecule has 1 heterocycles. The Kier molecular flexibility index (Phi) is 4.70. The van der Waals surface area contributed by atoms with Crippen LogP contribution in [0.3, 0.4) is 0 Å². The van der Waals surface area contributed by atoms with E-state index in [0.29, 0.717) is 12.2 Å². The summed E-state index contributed by atoms with van der Waals surface area (Å²) in [6, 6.07) is 4.15. The molecule has 6 heteroatoms. The van der Waals surface area contributed by atoms with Crippen LogP contribution in [0.25, 0.3) is 0 Å². The fourth-order valence-electron chi connectivity index (χ4n) is 1.82. The lowest BCUT2D eigenvalue weighted by Gasteiger charge is -2.22. The molecule has 1 aliphatic rings. The zero-order valence-electron chi connectivity index (χ0n) is 10.7. The highest BCUT2D eigenvalue weighted by molar-refractivity contribution is 5.88. The van der Waals surface area contributed by atoms with Crippen LogP contribution in [0.2, 0.25) is 0 Å². The minimum absolute atomic E-state index is 0.116. The first-order valence-corrected chi connectivity index (χ1v) is 6.26. The molecule has 0 aliphatic carbocycles. The van der Waals surface area contributed by atoms with Crippen molar-refractivity contribution in [2.45, 2.75) is 32.5 Å². The van der Waals surface area contributed by atoms with Gasteiger partial charge in [-0.1, -0.05) is 12.1 Å². The molecule has 104 valence electrons. The second kappa shape index (κ2) is 6.49. The summed E-state index contributed by atoms with van der Waals surface area (Å²) in [5.74, 6) is -0.452. The summed E-state index contributed by atoms with van der Waals surface area (Å²) in [5, 5.41) is 2.39. The molecule has 0 spiro atoms. The van der Waals surface area contributed by atoms with Crippen molar-refractivity contribution in [3.8, 4) is 0 Å². The number of urea groups is 1. The molecule has 1 aromatic carbocycles. The molecule has 0 saturated carbocycles. The molecule has 1 atom stereocenters. The number of aryl methyl sites for hydroxylation is 1. The molecule has 2 N–H and O–H groups in total. The van der Waals surface area contributed by atoms with Crippen molar-refractivity contribution >= 4 is 11.7 Å². The lowest BCUT2D eigenvalue weighted by atomic mass is 10.2. The minimum atomic E-state index is -0.626. The summed E-state index contributed by atoms with van der Waals surface area (Å²) in [4.78, 5) is 16.6. The van der Waals surface area contributed by atoms with Gasteiger partial charge in [-0.3, -0.25) is 0 Å². The Morgan fingerprint density at radius 3 is 3.05 bits per heavy atom. The van der Waals surface area contributed by atoms with E-state index >= 15 is 0 Å². The van der Waals surface area contributed by atoms with E-state index in [1.807, 2.05) is 0 Å². The van der Waals surface area contributed by atoms with E-state index in [1.165, 1.54) is 6.07 Å². The largest absolute Gasteiger partial charge is 0.350 e. The van der Waals surface area contributed by atoms with E-state index in [0.717, 1.165) is 19.3 Å². The third kappa shape index (κ3) is 3.90. The van der Waals surface area contributed by atoms with Gasteiger partial charge in [0.15, 0.2) is 6.29 Å². The molecule has 19 heavy (non-hydrogen) atoms. The van der Waals surface area contributed by atoms with Gasteiger partial charge in [-0.25, -0.2) is 19.5 Å². The van der Waals surface area contributed by atoms with Crippen LogP contribution in [-0.4, -0.2) is 18.9 Å². The average molecular weight is 268 g/mol. The van der Waals surface area contributed by atoms with Crippen LogP contribution < -0.4 is 10.8 Å². The number of amides is 2. The second-order valence-corrected chi connectivity index (χ2v) is 4.41. The monoisotopic (exact) mass is 268 g/mol. The van der Waals surface area contributed by atoms with Crippen LogP contribution in [0.4, 0.5) is 14.9 Å². The number of benzene rings is 1. The smallest absolute Gasteiger partial charge is 0.343 e. The van der Waals surface area contributed by atoms with Crippen molar-refractivity contribution in [3.63, 3.8) is 0 Å². The van der Waals surface area contributed by atoms with E-state index < -0.39 is 18.1 Å². The van der Waals surface area contributed by atoms with Gasteiger partial charge in [0, 0.05) is 13.0 Å². The Hall–Kier alpha value is -1.66. The number of hydrogen-bond donors (Lipinski definition) is 2. The summed E-state index contributed by atoms with van der Waals surface area (Å²) in [6.07, 6.45) is 2.31. The molecule has 1 saturated heterocycles. The first-order chi connectivity index (χ1) is 9.16. The summed E-state index contributed by atoms with van der Waals surface area (Å²) in [5.41, 5.74) is 2.79.